The molecular formula is C36H45N3O4Si. The largest absolute Gasteiger partial charge is 0.493 e. The summed E-state index contributed by atoms with van der Waals surface area (Å²) in [6.07, 6.45) is 1.40. The van der Waals surface area contributed by atoms with Crippen LogP contribution in [0.4, 0.5) is 0 Å². The van der Waals surface area contributed by atoms with Gasteiger partial charge in [0, 0.05) is 28.9 Å². The summed E-state index contributed by atoms with van der Waals surface area (Å²) in [5, 5.41) is 8.15. The van der Waals surface area contributed by atoms with Crippen molar-refractivity contribution in [2.75, 3.05) is 13.2 Å². The van der Waals surface area contributed by atoms with Crippen molar-refractivity contribution < 1.29 is 18.7 Å². The van der Waals surface area contributed by atoms with Gasteiger partial charge in [0.2, 0.25) is 0 Å². The fourth-order valence-corrected chi connectivity index (χ4v) is 6.49. The number of rotatable bonds is 11. The number of fused-ring (bicyclic) bond motifs is 2. The molecule has 2 aromatic heterocycles. The van der Waals surface area contributed by atoms with E-state index >= 15 is 0 Å². The highest BCUT2D eigenvalue weighted by Gasteiger charge is 2.37. The summed E-state index contributed by atoms with van der Waals surface area (Å²) in [5.41, 5.74) is 6.35. The molecule has 0 spiro atoms. The van der Waals surface area contributed by atoms with Crippen LogP contribution in [0.1, 0.15) is 61.6 Å². The van der Waals surface area contributed by atoms with E-state index in [9.17, 15) is 4.79 Å². The molecule has 0 unspecified atom stereocenters. The van der Waals surface area contributed by atoms with Gasteiger partial charge in [0.1, 0.15) is 11.4 Å². The monoisotopic (exact) mass is 611 g/mol. The van der Waals surface area contributed by atoms with Crippen LogP contribution in [0, 0.1) is 6.92 Å². The van der Waals surface area contributed by atoms with Crippen LogP contribution < -0.4 is 4.74 Å². The number of esters is 1. The minimum absolute atomic E-state index is 0.0983. The number of aromatic amines is 1. The Morgan fingerprint density at radius 2 is 1.70 bits per heavy atom. The van der Waals surface area contributed by atoms with E-state index < -0.39 is 8.32 Å². The van der Waals surface area contributed by atoms with Crippen LogP contribution in [-0.4, -0.2) is 42.3 Å². The van der Waals surface area contributed by atoms with Crippen LogP contribution >= 0.6 is 0 Å². The Balaban J connectivity index is 1.47. The second kappa shape index (κ2) is 12.6. The number of nitrogens with zero attached hydrogens (tertiary/aromatic N) is 2. The summed E-state index contributed by atoms with van der Waals surface area (Å²) < 4.78 is 20.3. The van der Waals surface area contributed by atoms with Crippen molar-refractivity contribution in [1.82, 2.24) is 14.8 Å². The van der Waals surface area contributed by atoms with Gasteiger partial charge in [0.15, 0.2) is 8.32 Å². The molecule has 0 aliphatic rings. The first-order valence-corrected chi connectivity index (χ1v) is 18.4. The Morgan fingerprint density at radius 3 is 2.45 bits per heavy atom. The standard InChI is InChI=1S/C36H45N3O4Si/c1-9-41-35(40)34-28(20-14-22-42-31-21-12-16-25-15-10-11-17-26(25)31)27-18-13-19-29(33(27)37-34)32-24(2)38-39(6)30(32)23-43-44(7,8)36(3,4)5/h10-13,15-19,21,37H,9,14,20,22-23H2,1-8H3. The van der Waals surface area contributed by atoms with E-state index in [0.29, 0.717) is 31.9 Å². The van der Waals surface area contributed by atoms with Gasteiger partial charge in [-0.25, -0.2) is 4.79 Å². The molecule has 44 heavy (non-hydrogen) atoms. The third kappa shape index (κ3) is 6.19. The van der Waals surface area contributed by atoms with Crippen LogP contribution in [0.3, 0.4) is 0 Å². The molecule has 0 saturated carbocycles. The molecule has 3 aromatic carbocycles. The van der Waals surface area contributed by atoms with Gasteiger partial charge >= 0.3 is 5.97 Å². The van der Waals surface area contributed by atoms with Gasteiger partial charge in [-0.2, -0.15) is 5.10 Å². The fraction of sp³-hybridized carbons (Fsp3) is 0.389. The van der Waals surface area contributed by atoms with Crippen LogP contribution in [0.15, 0.2) is 60.7 Å². The third-order valence-corrected chi connectivity index (χ3v) is 13.5. The smallest absolute Gasteiger partial charge is 0.355 e. The average Bonchev–Trinajstić information content (AvgIpc) is 3.49. The molecule has 1 N–H and O–H groups in total. The first-order chi connectivity index (χ1) is 20.9. The molecule has 0 amide bonds. The number of hydrogen-bond donors (Lipinski definition) is 1. The Bertz CT molecular complexity index is 1790. The van der Waals surface area contributed by atoms with E-state index in [1.165, 1.54) is 0 Å². The topological polar surface area (TPSA) is 78.4 Å². The summed E-state index contributed by atoms with van der Waals surface area (Å²) >= 11 is 0. The molecule has 0 aliphatic heterocycles. The Morgan fingerprint density at radius 1 is 1.00 bits per heavy atom. The summed E-state index contributed by atoms with van der Waals surface area (Å²) in [6.45, 7) is 16.5. The molecular weight excluding hydrogens is 566 g/mol. The highest BCUT2D eigenvalue weighted by atomic mass is 28.4. The molecule has 0 bridgehead atoms. The SMILES string of the molecule is CCOC(=O)c1[nH]c2c(-c3c(C)nn(C)c3CO[Si](C)(C)C(C)(C)C)cccc2c1CCCOc1cccc2ccccc12. The number of para-hydroxylation sites is 1. The van der Waals surface area contributed by atoms with Crippen molar-refractivity contribution in [2.45, 2.75) is 72.2 Å². The highest BCUT2D eigenvalue weighted by molar-refractivity contribution is 6.74. The number of ether oxygens (including phenoxy) is 2. The van der Waals surface area contributed by atoms with Crippen LogP contribution in [0.25, 0.3) is 32.8 Å². The maximum absolute atomic E-state index is 13.2. The lowest BCUT2D eigenvalue weighted by Crippen LogP contribution is -2.40. The summed E-state index contributed by atoms with van der Waals surface area (Å²) in [6, 6.07) is 20.6. The quantitative estimate of drug-likeness (QED) is 0.0918. The van der Waals surface area contributed by atoms with Gasteiger partial charge in [-0.3, -0.25) is 4.68 Å². The van der Waals surface area contributed by atoms with Crippen LogP contribution in [-0.2, 0) is 29.2 Å². The number of benzene rings is 3. The fourth-order valence-electron chi connectivity index (χ4n) is 5.56. The van der Waals surface area contributed by atoms with E-state index in [1.54, 1.807) is 0 Å². The van der Waals surface area contributed by atoms with Crippen molar-refractivity contribution in [2.24, 2.45) is 7.05 Å². The molecule has 0 fully saturated rings. The van der Waals surface area contributed by atoms with Gasteiger partial charge in [-0.05, 0) is 61.8 Å². The Kier molecular flexibility index (Phi) is 9.04. The molecule has 7 nitrogen and oxygen atoms in total. The van der Waals surface area contributed by atoms with Crippen molar-refractivity contribution in [3.8, 4) is 16.9 Å². The van der Waals surface area contributed by atoms with Crippen LogP contribution in [0.5, 0.6) is 5.75 Å². The predicted octanol–water partition coefficient (Wildman–Crippen LogP) is 8.74. The first kappa shape index (κ1) is 31.5. The zero-order chi connectivity index (χ0) is 31.6. The van der Waals surface area contributed by atoms with Gasteiger partial charge in [0.25, 0.3) is 0 Å². The van der Waals surface area contributed by atoms with E-state index in [1.807, 2.05) is 49.8 Å². The first-order valence-electron chi connectivity index (χ1n) is 15.5. The molecule has 232 valence electrons. The average molecular weight is 612 g/mol. The Labute approximate surface area is 261 Å². The molecule has 5 rings (SSSR count). The molecule has 0 radical (unpaired) electrons. The van der Waals surface area contributed by atoms with Gasteiger partial charge in [-0.15, -0.1) is 0 Å². The zero-order valence-electron chi connectivity index (χ0n) is 27.3. The third-order valence-electron chi connectivity index (χ3n) is 8.99. The lowest BCUT2D eigenvalue weighted by atomic mass is 9.98. The van der Waals surface area contributed by atoms with Gasteiger partial charge < -0.3 is 18.9 Å². The minimum atomic E-state index is -1.99. The number of carbonyl (C=O) groups is 1. The van der Waals surface area contributed by atoms with E-state index in [2.05, 4.69) is 75.2 Å². The molecule has 0 atom stereocenters. The lowest BCUT2D eigenvalue weighted by molar-refractivity contribution is 0.0519. The van der Waals surface area contributed by atoms with Crippen molar-refractivity contribution in [3.63, 3.8) is 0 Å². The van der Waals surface area contributed by atoms with Crippen molar-refractivity contribution >= 4 is 36.0 Å². The van der Waals surface area contributed by atoms with Crippen molar-refractivity contribution in [3.05, 3.63) is 83.3 Å². The Hall–Kier alpha value is -3.88. The summed E-state index contributed by atoms with van der Waals surface area (Å²) in [4.78, 5) is 16.7. The number of aryl methyl sites for hydroxylation is 3. The van der Waals surface area contributed by atoms with E-state index in [4.69, 9.17) is 19.0 Å². The number of nitrogens with one attached hydrogen (secondary N) is 1. The maximum Gasteiger partial charge on any atom is 0.355 e. The lowest BCUT2D eigenvalue weighted by Gasteiger charge is -2.36. The molecule has 2 heterocycles. The number of carbonyl (C=O) groups excluding carboxylic acids is 1. The van der Waals surface area contributed by atoms with E-state index in [0.717, 1.165) is 61.9 Å². The minimum Gasteiger partial charge on any atom is -0.493 e. The number of aromatic nitrogens is 3. The maximum atomic E-state index is 13.2. The van der Waals surface area contributed by atoms with Gasteiger partial charge in [0.05, 0.1) is 36.7 Å². The predicted molar refractivity (Wildman–Crippen MR) is 181 cm³/mol. The highest BCUT2D eigenvalue weighted by Crippen LogP contribution is 2.40. The molecule has 0 saturated heterocycles. The summed E-state index contributed by atoms with van der Waals surface area (Å²) in [5.74, 6) is 0.526. The molecule has 5 aromatic rings. The van der Waals surface area contributed by atoms with Crippen LogP contribution in [0.2, 0.25) is 18.1 Å². The normalized spacial score (nSPS) is 12.3. The number of H-pyrrole nitrogens is 1. The van der Waals surface area contributed by atoms with Gasteiger partial charge in [-0.1, -0.05) is 75.4 Å². The number of hydrogen-bond acceptors (Lipinski definition) is 5. The second-order valence-corrected chi connectivity index (χ2v) is 17.7. The second-order valence-electron chi connectivity index (χ2n) is 12.9. The zero-order valence-corrected chi connectivity index (χ0v) is 28.3. The molecule has 0 aliphatic carbocycles. The molecule has 8 heteroatoms. The van der Waals surface area contributed by atoms with E-state index in [-0.39, 0.29) is 11.0 Å². The summed E-state index contributed by atoms with van der Waals surface area (Å²) in [7, 11) is -0.0152. The van der Waals surface area contributed by atoms with Crippen molar-refractivity contribution in [1.29, 1.82) is 0 Å².